The summed E-state index contributed by atoms with van der Waals surface area (Å²) < 4.78 is 0. The predicted octanol–water partition coefficient (Wildman–Crippen LogP) is -1.89. The van der Waals surface area contributed by atoms with Crippen LogP contribution in [0.3, 0.4) is 0 Å². The average Bonchev–Trinajstić information content (AvgIpc) is 3.81. The molecule has 0 saturated carbocycles. The zero-order chi connectivity index (χ0) is 36.6. The highest BCUT2D eigenvalue weighted by Crippen LogP contribution is 2.19. The fraction of sp³-hybridized carbons (Fsp3) is 0.400. The molecule has 3 aromatic rings. The van der Waals surface area contributed by atoms with E-state index in [-0.39, 0.29) is 45.4 Å². The molecule has 1 unspecified atom stereocenters. The van der Waals surface area contributed by atoms with Crippen LogP contribution in [0.25, 0.3) is 10.9 Å². The van der Waals surface area contributed by atoms with Gasteiger partial charge in [-0.05, 0) is 36.6 Å². The lowest BCUT2D eigenvalue weighted by atomic mass is 10.0. The van der Waals surface area contributed by atoms with Crippen molar-refractivity contribution in [3.63, 3.8) is 0 Å². The van der Waals surface area contributed by atoms with Crippen LogP contribution in [0.4, 0.5) is 0 Å². The molecule has 0 aliphatic carbocycles. The molecule has 4 rings (SSSR count). The second-order valence-electron chi connectivity index (χ2n) is 12.1. The van der Waals surface area contributed by atoms with E-state index in [1.165, 1.54) is 0 Å². The van der Waals surface area contributed by atoms with Crippen molar-refractivity contribution in [3.05, 3.63) is 83.8 Å². The third-order valence-corrected chi connectivity index (χ3v) is 8.30. The number of hydrogen-bond acceptors (Lipinski definition) is 10. The largest absolute Gasteiger partial charge is 0.395 e. The molecule has 1 aromatic heterocycles. The van der Waals surface area contributed by atoms with Crippen LogP contribution in [0.1, 0.15) is 30.4 Å². The van der Waals surface area contributed by atoms with Crippen molar-refractivity contribution in [2.75, 3.05) is 33.0 Å². The fourth-order valence-electron chi connectivity index (χ4n) is 5.69. The average molecular weight is 706 g/mol. The highest BCUT2D eigenvalue weighted by atomic mass is 16.3. The maximum absolute atomic E-state index is 14.0. The number of aromatic nitrogens is 1. The standard InChI is InChI=1S/C35H47N9O7/c36-12-6-11-27(33(49)44-29(32(48)38-13-14-45)16-23-18-39-26-10-5-4-9-25(23)26)42-34(50)28(15-22-7-2-1-3-8-22)43-35(51)30(41-31(47)20-46)17-24-19-37-21-40-24/h1-5,7-10,18-19,27-30,37,39-40,45-46H,6,11-17,20-21,36H2,(H,38,48)(H,41,47)(H,42,50)(H,43,51)(H,44,49)/t27-,28?,29-,30-/m0/s1. The maximum atomic E-state index is 14.0. The Hall–Kier alpha value is -5.45. The van der Waals surface area contributed by atoms with E-state index in [2.05, 4.69) is 42.2 Å². The number of amides is 5. The first kappa shape index (κ1) is 38.4. The number of aromatic amines is 1. The first-order valence-corrected chi connectivity index (χ1v) is 16.9. The van der Waals surface area contributed by atoms with E-state index >= 15 is 0 Å². The van der Waals surface area contributed by atoms with Gasteiger partial charge in [0.05, 0.1) is 13.3 Å². The van der Waals surface area contributed by atoms with Crippen molar-refractivity contribution >= 4 is 40.4 Å². The zero-order valence-corrected chi connectivity index (χ0v) is 28.2. The summed E-state index contributed by atoms with van der Waals surface area (Å²) in [5, 5.41) is 38.9. The Bertz CT molecular complexity index is 1660. The molecule has 0 saturated heterocycles. The fourth-order valence-corrected chi connectivity index (χ4v) is 5.69. The summed E-state index contributed by atoms with van der Waals surface area (Å²) >= 11 is 0. The number of nitrogens with one attached hydrogen (secondary N) is 8. The number of rotatable bonds is 20. The number of H-pyrrole nitrogens is 1. The Morgan fingerprint density at radius 2 is 1.41 bits per heavy atom. The van der Waals surface area contributed by atoms with Crippen LogP contribution in [0.5, 0.6) is 0 Å². The number of hydrogen-bond donors (Lipinski definition) is 11. The van der Waals surface area contributed by atoms with Crippen molar-refractivity contribution in [2.45, 2.75) is 56.3 Å². The molecule has 1 aliphatic rings. The molecule has 16 heteroatoms. The lowest BCUT2D eigenvalue weighted by Gasteiger charge is -2.27. The van der Waals surface area contributed by atoms with Crippen LogP contribution in [0, 0.1) is 0 Å². The molecule has 0 bridgehead atoms. The van der Waals surface area contributed by atoms with E-state index in [1.807, 2.05) is 30.3 Å². The molecule has 0 radical (unpaired) electrons. The van der Waals surface area contributed by atoms with Crippen molar-refractivity contribution in [3.8, 4) is 0 Å². The third-order valence-electron chi connectivity index (χ3n) is 8.30. The number of aliphatic hydroxyl groups excluding tert-OH is 2. The van der Waals surface area contributed by atoms with Gasteiger partial charge in [0.15, 0.2) is 0 Å². The lowest BCUT2D eigenvalue weighted by molar-refractivity contribution is -0.135. The van der Waals surface area contributed by atoms with Gasteiger partial charge < -0.3 is 58.1 Å². The Morgan fingerprint density at radius 1 is 0.765 bits per heavy atom. The first-order valence-electron chi connectivity index (χ1n) is 16.9. The van der Waals surface area contributed by atoms with Crippen LogP contribution in [-0.4, -0.2) is 102 Å². The molecule has 2 aromatic carbocycles. The maximum Gasteiger partial charge on any atom is 0.246 e. The van der Waals surface area contributed by atoms with Gasteiger partial charge in [0.2, 0.25) is 29.5 Å². The van der Waals surface area contributed by atoms with Gasteiger partial charge >= 0.3 is 0 Å². The molecule has 16 nitrogen and oxygen atoms in total. The van der Waals surface area contributed by atoms with E-state index < -0.39 is 60.3 Å². The number of benzene rings is 2. The van der Waals surface area contributed by atoms with E-state index in [0.717, 1.165) is 22.0 Å². The molecule has 5 amide bonds. The Labute approximate surface area is 295 Å². The van der Waals surface area contributed by atoms with Crippen LogP contribution in [-0.2, 0) is 36.8 Å². The monoisotopic (exact) mass is 705 g/mol. The Balaban J connectivity index is 1.55. The van der Waals surface area contributed by atoms with E-state index in [4.69, 9.17) is 5.73 Å². The van der Waals surface area contributed by atoms with Crippen molar-refractivity contribution in [2.24, 2.45) is 5.73 Å². The second-order valence-corrected chi connectivity index (χ2v) is 12.1. The predicted molar refractivity (Wildman–Crippen MR) is 189 cm³/mol. The summed E-state index contributed by atoms with van der Waals surface area (Å²) in [6.45, 7) is -0.478. The van der Waals surface area contributed by atoms with Crippen LogP contribution in [0.15, 0.2) is 72.7 Å². The first-order chi connectivity index (χ1) is 24.7. The topological polar surface area (TPSA) is 252 Å². The summed E-state index contributed by atoms with van der Waals surface area (Å²) in [7, 11) is 0. The number of nitrogens with two attached hydrogens (primary N) is 1. The smallest absolute Gasteiger partial charge is 0.246 e. The van der Waals surface area contributed by atoms with E-state index in [9.17, 15) is 34.2 Å². The number of fused-ring (bicyclic) bond motifs is 1. The molecule has 2 heterocycles. The number of carbonyl (C=O) groups is 5. The minimum Gasteiger partial charge on any atom is -0.395 e. The molecule has 274 valence electrons. The molecule has 0 spiro atoms. The van der Waals surface area contributed by atoms with Gasteiger partial charge in [0, 0.05) is 54.8 Å². The van der Waals surface area contributed by atoms with Gasteiger partial charge in [-0.2, -0.15) is 0 Å². The van der Waals surface area contributed by atoms with Crippen LogP contribution in [0.2, 0.25) is 0 Å². The Morgan fingerprint density at radius 3 is 2.08 bits per heavy atom. The molecule has 0 fully saturated rings. The summed E-state index contributed by atoms with van der Waals surface area (Å²) in [6.07, 6.45) is 4.17. The van der Waals surface area contributed by atoms with Crippen molar-refractivity contribution in [1.29, 1.82) is 0 Å². The van der Waals surface area contributed by atoms with Gasteiger partial charge in [-0.3, -0.25) is 24.0 Å². The lowest BCUT2D eigenvalue weighted by Crippen LogP contribution is -2.59. The quantitative estimate of drug-likeness (QED) is 0.0624. The highest BCUT2D eigenvalue weighted by molar-refractivity contribution is 5.96. The third kappa shape index (κ3) is 11.6. The number of carbonyl (C=O) groups excluding carboxylic acids is 5. The highest BCUT2D eigenvalue weighted by Gasteiger charge is 2.32. The molecular weight excluding hydrogens is 658 g/mol. The minimum atomic E-state index is -1.18. The van der Waals surface area contributed by atoms with Crippen molar-refractivity contribution < 1.29 is 34.2 Å². The number of para-hydroxylation sites is 1. The minimum absolute atomic E-state index is 0.0170. The SMILES string of the molecule is NCCC[C@H](NC(=O)C(Cc1ccccc1)NC(=O)[C@H](CC1=CNCN1)NC(=O)CO)C(=O)N[C@@H](Cc1c[nH]c2ccccc12)C(=O)NCCO. The zero-order valence-electron chi connectivity index (χ0n) is 28.2. The van der Waals surface area contributed by atoms with Crippen LogP contribution >= 0.6 is 0 Å². The molecule has 51 heavy (non-hydrogen) atoms. The van der Waals surface area contributed by atoms with Gasteiger partial charge in [0.25, 0.3) is 0 Å². The van der Waals surface area contributed by atoms with E-state index in [1.54, 1.807) is 36.7 Å². The summed E-state index contributed by atoms with van der Waals surface area (Å²) in [6, 6.07) is 12.0. The Kier molecular flexibility index (Phi) is 14.8. The van der Waals surface area contributed by atoms with Crippen molar-refractivity contribution in [1.82, 2.24) is 42.2 Å². The van der Waals surface area contributed by atoms with E-state index in [0.29, 0.717) is 18.8 Å². The molecule has 4 atom stereocenters. The molecule has 12 N–H and O–H groups in total. The van der Waals surface area contributed by atoms with Gasteiger partial charge in [-0.1, -0.05) is 48.5 Å². The van der Waals surface area contributed by atoms with Gasteiger partial charge in [-0.15, -0.1) is 0 Å². The molecular formula is C35H47N9O7. The summed E-state index contributed by atoms with van der Waals surface area (Å²) in [4.78, 5) is 69.9. The second kappa shape index (κ2) is 19.7. The van der Waals surface area contributed by atoms with Crippen LogP contribution < -0.4 is 43.0 Å². The van der Waals surface area contributed by atoms with Gasteiger partial charge in [0.1, 0.15) is 30.8 Å². The summed E-state index contributed by atoms with van der Waals surface area (Å²) in [5.41, 5.74) is 8.78. The normalized spacial score (nSPS) is 14.5. The number of aliphatic hydroxyl groups is 2. The van der Waals surface area contributed by atoms with Gasteiger partial charge in [-0.25, -0.2) is 0 Å². The molecule has 1 aliphatic heterocycles. The summed E-state index contributed by atoms with van der Waals surface area (Å²) in [5.74, 6) is -3.27.